The van der Waals surface area contributed by atoms with E-state index >= 15 is 0 Å². The highest BCUT2D eigenvalue weighted by Gasteiger charge is 2.15. The first kappa shape index (κ1) is 12.9. The number of hydrogen-bond acceptors (Lipinski definition) is 2. The number of fused-ring (bicyclic) bond motifs is 10. The van der Waals surface area contributed by atoms with E-state index in [1.165, 1.54) is 27.1 Å². The molecule has 0 spiro atoms. The van der Waals surface area contributed by atoms with Crippen LogP contribution in [0.4, 0.5) is 0 Å². The van der Waals surface area contributed by atoms with Crippen molar-refractivity contribution in [1.82, 2.24) is 14.4 Å². The summed E-state index contributed by atoms with van der Waals surface area (Å²) >= 11 is 0. The zero-order chi connectivity index (χ0) is 16.4. The van der Waals surface area contributed by atoms with Crippen molar-refractivity contribution < 1.29 is 0 Å². The molecular weight excluding hydrogens is 306 g/mol. The largest absolute Gasteiger partial charge is 0.299 e. The molecule has 0 aliphatic rings. The van der Waals surface area contributed by atoms with Crippen LogP contribution in [0.15, 0.2) is 79.3 Å². The standard InChI is InChI=1S/C22H13N3/c1-2-7-15-14(6-1)13-25-21(15)20-17-8-3-4-10-19(17)24-12-18(20)16-9-5-11-23-22(16)25/h1-13H. The normalized spacial score (nSPS) is 12.0. The first-order valence-electron chi connectivity index (χ1n) is 8.36. The summed E-state index contributed by atoms with van der Waals surface area (Å²) in [5, 5.41) is 7.17. The van der Waals surface area contributed by atoms with Gasteiger partial charge in [-0.15, -0.1) is 0 Å². The monoisotopic (exact) mass is 319 g/mol. The molecule has 0 amide bonds. The molecule has 6 aromatic rings. The van der Waals surface area contributed by atoms with Crippen LogP contribution in [0.3, 0.4) is 0 Å². The van der Waals surface area contributed by atoms with Gasteiger partial charge in [-0.05, 0) is 18.2 Å². The zero-order valence-corrected chi connectivity index (χ0v) is 13.3. The summed E-state index contributed by atoms with van der Waals surface area (Å²) in [4.78, 5) is 9.36. The van der Waals surface area contributed by atoms with Crippen LogP contribution in [0, 0.1) is 0 Å². The van der Waals surface area contributed by atoms with Crippen molar-refractivity contribution in [3.8, 4) is 0 Å². The molecule has 0 saturated heterocycles. The third-order valence-corrected chi connectivity index (χ3v) is 5.04. The van der Waals surface area contributed by atoms with Gasteiger partial charge in [-0.3, -0.25) is 9.38 Å². The molecule has 0 unspecified atom stereocenters. The van der Waals surface area contributed by atoms with Gasteiger partial charge in [0.25, 0.3) is 0 Å². The van der Waals surface area contributed by atoms with Crippen molar-refractivity contribution in [2.24, 2.45) is 0 Å². The van der Waals surface area contributed by atoms with Gasteiger partial charge in [0.2, 0.25) is 0 Å². The molecule has 116 valence electrons. The van der Waals surface area contributed by atoms with Gasteiger partial charge in [0, 0.05) is 50.9 Å². The lowest BCUT2D eigenvalue weighted by molar-refractivity contribution is 1.21. The van der Waals surface area contributed by atoms with E-state index in [0.717, 1.165) is 21.9 Å². The van der Waals surface area contributed by atoms with Gasteiger partial charge in [-0.1, -0.05) is 42.5 Å². The van der Waals surface area contributed by atoms with Crippen molar-refractivity contribution in [3.63, 3.8) is 0 Å². The third kappa shape index (κ3) is 1.59. The molecular formula is C22H13N3. The summed E-state index contributed by atoms with van der Waals surface area (Å²) in [7, 11) is 0. The van der Waals surface area contributed by atoms with E-state index in [2.05, 4.69) is 64.1 Å². The Kier molecular flexibility index (Phi) is 2.35. The van der Waals surface area contributed by atoms with Crippen molar-refractivity contribution in [2.75, 3.05) is 0 Å². The maximum Gasteiger partial charge on any atom is 0.145 e. The van der Waals surface area contributed by atoms with Crippen molar-refractivity contribution in [1.29, 1.82) is 0 Å². The SMILES string of the molecule is c1ccc2c(c1)cn1c3ncccc3c3cnc4ccccc4c3c21. The molecule has 0 radical (unpaired) electrons. The van der Waals surface area contributed by atoms with Gasteiger partial charge >= 0.3 is 0 Å². The van der Waals surface area contributed by atoms with E-state index in [1.54, 1.807) is 0 Å². The van der Waals surface area contributed by atoms with Crippen LogP contribution in [0.25, 0.3) is 49.0 Å². The second kappa shape index (κ2) is 4.54. The number of aromatic nitrogens is 3. The van der Waals surface area contributed by atoms with Crippen LogP contribution in [0.1, 0.15) is 0 Å². The molecule has 2 aromatic carbocycles. The van der Waals surface area contributed by atoms with Crippen molar-refractivity contribution in [3.05, 3.63) is 79.3 Å². The lowest BCUT2D eigenvalue weighted by atomic mass is 10.0. The molecule has 4 aromatic heterocycles. The fraction of sp³-hybridized carbons (Fsp3) is 0. The van der Waals surface area contributed by atoms with Crippen molar-refractivity contribution >= 4 is 49.0 Å². The topological polar surface area (TPSA) is 30.2 Å². The van der Waals surface area contributed by atoms with Crippen LogP contribution in [-0.4, -0.2) is 14.4 Å². The molecule has 3 nitrogen and oxygen atoms in total. The minimum absolute atomic E-state index is 0.971. The summed E-state index contributed by atoms with van der Waals surface area (Å²) in [5.74, 6) is 0. The van der Waals surface area contributed by atoms with Crippen LogP contribution in [0.2, 0.25) is 0 Å². The Bertz CT molecular complexity index is 1440. The van der Waals surface area contributed by atoms with Gasteiger partial charge in [0.15, 0.2) is 0 Å². The van der Waals surface area contributed by atoms with Crippen LogP contribution in [-0.2, 0) is 0 Å². The summed E-state index contributed by atoms with van der Waals surface area (Å²) < 4.78 is 2.23. The maximum atomic E-state index is 4.69. The quantitative estimate of drug-likeness (QED) is 0.354. The molecule has 3 heteroatoms. The highest BCUT2D eigenvalue weighted by molar-refractivity contribution is 6.26. The van der Waals surface area contributed by atoms with Crippen LogP contribution >= 0.6 is 0 Å². The average molecular weight is 319 g/mol. The van der Waals surface area contributed by atoms with Gasteiger partial charge in [-0.25, -0.2) is 4.98 Å². The molecule has 0 atom stereocenters. The Morgan fingerprint density at radius 2 is 1.48 bits per heavy atom. The van der Waals surface area contributed by atoms with E-state index in [-0.39, 0.29) is 0 Å². The molecule has 0 N–H and O–H groups in total. The van der Waals surface area contributed by atoms with E-state index in [0.29, 0.717) is 0 Å². The lowest BCUT2D eigenvalue weighted by Crippen LogP contribution is -1.93. The number of para-hydroxylation sites is 1. The third-order valence-electron chi connectivity index (χ3n) is 5.04. The van der Waals surface area contributed by atoms with E-state index in [9.17, 15) is 0 Å². The minimum atomic E-state index is 0.971. The molecule has 4 heterocycles. The zero-order valence-electron chi connectivity index (χ0n) is 13.3. The fourth-order valence-corrected chi connectivity index (χ4v) is 3.98. The fourth-order valence-electron chi connectivity index (χ4n) is 3.98. The molecule has 25 heavy (non-hydrogen) atoms. The molecule has 0 saturated carbocycles. The molecule has 0 aliphatic heterocycles. The number of pyridine rings is 3. The Hall–Kier alpha value is -3.46. The number of nitrogens with zero attached hydrogens (tertiary/aromatic N) is 3. The summed E-state index contributed by atoms with van der Waals surface area (Å²) in [5.41, 5.74) is 3.19. The van der Waals surface area contributed by atoms with E-state index in [1.807, 2.05) is 24.5 Å². The first-order valence-corrected chi connectivity index (χ1v) is 8.36. The van der Waals surface area contributed by atoms with E-state index in [4.69, 9.17) is 4.98 Å². The van der Waals surface area contributed by atoms with Gasteiger partial charge in [0.1, 0.15) is 5.65 Å². The minimum Gasteiger partial charge on any atom is -0.299 e. The summed E-state index contributed by atoms with van der Waals surface area (Å²) in [6.45, 7) is 0. The van der Waals surface area contributed by atoms with Gasteiger partial charge < -0.3 is 0 Å². The highest BCUT2D eigenvalue weighted by Crippen LogP contribution is 2.37. The predicted octanol–water partition coefficient (Wildman–Crippen LogP) is 5.34. The highest BCUT2D eigenvalue weighted by atomic mass is 15.0. The second-order valence-corrected chi connectivity index (χ2v) is 6.37. The lowest BCUT2D eigenvalue weighted by Gasteiger charge is -2.10. The predicted molar refractivity (Wildman–Crippen MR) is 103 cm³/mol. The Morgan fingerprint density at radius 1 is 0.680 bits per heavy atom. The summed E-state index contributed by atoms with van der Waals surface area (Å²) in [6.07, 6.45) is 6.03. The number of hydrogen-bond donors (Lipinski definition) is 0. The molecule has 0 aliphatic carbocycles. The van der Waals surface area contributed by atoms with Crippen molar-refractivity contribution in [2.45, 2.75) is 0 Å². The average Bonchev–Trinajstić information content (AvgIpc) is 3.07. The van der Waals surface area contributed by atoms with Crippen LogP contribution < -0.4 is 0 Å². The smallest absolute Gasteiger partial charge is 0.145 e. The second-order valence-electron chi connectivity index (χ2n) is 6.37. The maximum absolute atomic E-state index is 4.69. The molecule has 0 fully saturated rings. The summed E-state index contributed by atoms with van der Waals surface area (Å²) in [6, 6.07) is 21.0. The Morgan fingerprint density at radius 3 is 2.44 bits per heavy atom. The van der Waals surface area contributed by atoms with E-state index < -0.39 is 0 Å². The van der Waals surface area contributed by atoms with Gasteiger partial charge in [-0.2, -0.15) is 0 Å². The molecule has 0 bridgehead atoms. The van der Waals surface area contributed by atoms with Gasteiger partial charge in [0.05, 0.1) is 11.0 Å². The molecule has 6 rings (SSSR count). The Labute approximate surface area is 143 Å². The van der Waals surface area contributed by atoms with Crippen LogP contribution in [0.5, 0.6) is 0 Å². The number of rotatable bonds is 0. The Balaban J connectivity index is 2.09. The number of benzene rings is 2. The first-order chi connectivity index (χ1) is 12.4.